The summed E-state index contributed by atoms with van der Waals surface area (Å²) in [5.74, 6) is 0.0949. The molecule has 1 rings (SSSR count). The molecular weight excluding hydrogens is 248 g/mol. The van der Waals surface area contributed by atoms with Crippen molar-refractivity contribution >= 4 is 16.8 Å². The van der Waals surface area contributed by atoms with Crippen molar-refractivity contribution < 1.29 is 13.7 Å². The van der Waals surface area contributed by atoms with Gasteiger partial charge in [0.15, 0.2) is 0 Å². The fourth-order valence-corrected chi connectivity index (χ4v) is 2.82. The number of benzene rings is 1. The fourth-order valence-electron chi connectivity index (χ4n) is 1.60. The molecule has 2 atom stereocenters. The summed E-state index contributed by atoms with van der Waals surface area (Å²) in [5.41, 5.74) is 1.22. The predicted octanol–water partition coefficient (Wildman–Crippen LogP) is 2.73. The highest BCUT2D eigenvalue weighted by atomic mass is 32.2. The smallest absolute Gasteiger partial charge is 0.309 e. The van der Waals surface area contributed by atoms with Crippen LogP contribution in [0.2, 0.25) is 0 Å². The Morgan fingerprint density at radius 3 is 2.22 bits per heavy atom. The Balaban J connectivity index is 2.70. The van der Waals surface area contributed by atoms with Crippen molar-refractivity contribution in [2.45, 2.75) is 31.6 Å². The molecule has 0 fully saturated rings. The molecule has 0 heterocycles. The van der Waals surface area contributed by atoms with Crippen LogP contribution in [0.1, 0.15) is 32.3 Å². The van der Waals surface area contributed by atoms with E-state index < -0.39 is 10.8 Å². The molecular formula is C14H20O3S. The standard InChI is InChI=1S/C14H20O3S/c1-10(2)12-5-7-13(8-6-12)18(16)9-11(3)14(15)17-4/h5-8,10-11H,9H2,1-4H3. The van der Waals surface area contributed by atoms with Crippen molar-refractivity contribution in [2.24, 2.45) is 5.92 Å². The van der Waals surface area contributed by atoms with Gasteiger partial charge in [0.25, 0.3) is 0 Å². The van der Waals surface area contributed by atoms with Crippen molar-refractivity contribution in [1.29, 1.82) is 0 Å². The highest BCUT2D eigenvalue weighted by Crippen LogP contribution is 2.17. The summed E-state index contributed by atoms with van der Waals surface area (Å²) >= 11 is 0. The Hall–Kier alpha value is -1.16. The summed E-state index contributed by atoms with van der Waals surface area (Å²) < 4.78 is 16.7. The quantitative estimate of drug-likeness (QED) is 0.771. The molecule has 0 spiro atoms. The van der Waals surface area contributed by atoms with E-state index in [1.54, 1.807) is 6.92 Å². The SMILES string of the molecule is COC(=O)C(C)CS(=O)c1ccc(C(C)C)cc1. The van der Waals surface area contributed by atoms with Crippen molar-refractivity contribution in [3.05, 3.63) is 29.8 Å². The van der Waals surface area contributed by atoms with Crippen molar-refractivity contribution in [3.63, 3.8) is 0 Å². The topological polar surface area (TPSA) is 43.4 Å². The van der Waals surface area contributed by atoms with E-state index in [0.29, 0.717) is 11.7 Å². The van der Waals surface area contributed by atoms with E-state index in [4.69, 9.17) is 0 Å². The van der Waals surface area contributed by atoms with E-state index >= 15 is 0 Å². The lowest BCUT2D eigenvalue weighted by molar-refractivity contribution is -0.144. The van der Waals surface area contributed by atoms with E-state index in [1.165, 1.54) is 12.7 Å². The molecule has 4 heteroatoms. The number of carbonyl (C=O) groups excluding carboxylic acids is 1. The van der Waals surface area contributed by atoms with Gasteiger partial charge in [0.1, 0.15) is 0 Å². The van der Waals surface area contributed by atoms with Gasteiger partial charge in [0.05, 0.1) is 23.8 Å². The molecule has 0 saturated heterocycles. The largest absolute Gasteiger partial charge is 0.469 e. The lowest BCUT2D eigenvalue weighted by Crippen LogP contribution is -2.19. The van der Waals surface area contributed by atoms with Gasteiger partial charge < -0.3 is 4.74 Å². The van der Waals surface area contributed by atoms with Crippen LogP contribution in [0.5, 0.6) is 0 Å². The molecule has 1 aromatic carbocycles. The first-order valence-electron chi connectivity index (χ1n) is 6.01. The highest BCUT2D eigenvalue weighted by Gasteiger charge is 2.17. The zero-order valence-corrected chi connectivity index (χ0v) is 12.1. The first-order chi connectivity index (χ1) is 8.45. The second-order valence-electron chi connectivity index (χ2n) is 4.66. The molecule has 0 aliphatic carbocycles. The van der Waals surface area contributed by atoms with Crippen molar-refractivity contribution in [3.8, 4) is 0 Å². The molecule has 0 aliphatic heterocycles. The third-order valence-corrected chi connectivity index (χ3v) is 4.42. The Labute approximate surface area is 111 Å². The molecule has 0 bridgehead atoms. The summed E-state index contributed by atoms with van der Waals surface area (Å²) in [6, 6.07) is 7.71. The van der Waals surface area contributed by atoms with Gasteiger partial charge in [-0.05, 0) is 23.6 Å². The summed E-state index contributed by atoms with van der Waals surface area (Å²) in [6.07, 6.45) is 0. The van der Waals surface area contributed by atoms with E-state index in [9.17, 15) is 9.00 Å². The van der Waals surface area contributed by atoms with Gasteiger partial charge in [-0.3, -0.25) is 9.00 Å². The Morgan fingerprint density at radius 2 is 1.78 bits per heavy atom. The average molecular weight is 268 g/mol. The molecule has 0 N–H and O–H groups in total. The number of esters is 1. The molecule has 18 heavy (non-hydrogen) atoms. The van der Waals surface area contributed by atoms with Gasteiger partial charge in [-0.1, -0.05) is 32.9 Å². The predicted molar refractivity (Wildman–Crippen MR) is 73.0 cm³/mol. The highest BCUT2D eigenvalue weighted by molar-refractivity contribution is 7.85. The van der Waals surface area contributed by atoms with Gasteiger partial charge in [0, 0.05) is 10.6 Å². The Kier molecular flexibility index (Phi) is 5.54. The van der Waals surface area contributed by atoms with Crippen LogP contribution in [0.4, 0.5) is 0 Å². The zero-order valence-electron chi connectivity index (χ0n) is 11.3. The van der Waals surface area contributed by atoms with E-state index in [0.717, 1.165) is 4.90 Å². The van der Waals surface area contributed by atoms with Gasteiger partial charge in [-0.15, -0.1) is 0 Å². The Bertz CT molecular complexity index is 423. The van der Waals surface area contributed by atoms with Crippen molar-refractivity contribution in [2.75, 3.05) is 12.9 Å². The van der Waals surface area contributed by atoms with E-state index in [-0.39, 0.29) is 11.9 Å². The van der Waals surface area contributed by atoms with E-state index in [2.05, 4.69) is 18.6 Å². The van der Waals surface area contributed by atoms with Crippen LogP contribution in [0.3, 0.4) is 0 Å². The zero-order chi connectivity index (χ0) is 13.7. The fraction of sp³-hybridized carbons (Fsp3) is 0.500. The number of hydrogen-bond acceptors (Lipinski definition) is 3. The number of carbonyl (C=O) groups is 1. The van der Waals surface area contributed by atoms with Gasteiger partial charge in [0.2, 0.25) is 0 Å². The van der Waals surface area contributed by atoms with Crippen LogP contribution in [0, 0.1) is 5.92 Å². The van der Waals surface area contributed by atoms with Crippen LogP contribution in [-0.4, -0.2) is 23.0 Å². The molecule has 2 unspecified atom stereocenters. The minimum atomic E-state index is -1.16. The summed E-state index contributed by atoms with van der Waals surface area (Å²) in [5, 5.41) is 0. The lowest BCUT2D eigenvalue weighted by atomic mass is 10.0. The van der Waals surface area contributed by atoms with E-state index in [1.807, 2.05) is 24.3 Å². The third-order valence-electron chi connectivity index (χ3n) is 2.81. The summed E-state index contributed by atoms with van der Waals surface area (Å²) in [4.78, 5) is 12.0. The molecule has 0 saturated carbocycles. The summed E-state index contributed by atoms with van der Waals surface area (Å²) in [6.45, 7) is 5.96. The maximum absolute atomic E-state index is 12.1. The number of hydrogen-bond donors (Lipinski definition) is 0. The number of methoxy groups -OCH3 is 1. The first-order valence-corrected chi connectivity index (χ1v) is 7.33. The summed E-state index contributed by atoms with van der Waals surface area (Å²) in [7, 11) is 0.188. The molecule has 1 aromatic rings. The molecule has 0 amide bonds. The monoisotopic (exact) mass is 268 g/mol. The number of rotatable bonds is 5. The first kappa shape index (κ1) is 14.9. The maximum atomic E-state index is 12.1. The van der Waals surface area contributed by atoms with Crippen LogP contribution in [-0.2, 0) is 20.3 Å². The average Bonchev–Trinajstić information content (AvgIpc) is 2.37. The molecule has 0 aliphatic rings. The third kappa shape index (κ3) is 3.95. The van der Waals surface area contributed by atoms with Gasteiger partial charge >= 0.3 is 5.97 Å². The molecule has 3 nitrogen and oxygen atoms in total. The number of ether oxygens (including phenoxy) is 1. The van der Waals surface area contributed by atoms with Crippen LogP contribution in [0.25, 0.3) is 0 Å². The van der Waals surface area contributed by atoms with Crippen LogP contribution < -0.4 is 0 Å². The Morgan fingerprint density at radius 1 is 1.22 bits per heavy atom. The van der Waals surface area contributed by atoms with Gasteiger partial charge in [-0.25, -0.2) is 0 Å². The minimum absolute atomic E-state index is 0.299. The van der Waals surface area contributed by atoms with Crippen molar-refractivity contribution in [1.82, 2.24) is 0 Å². The molecule has 0 aromatic heterocycles. The minimum Gasteiger partial charge on any atom is -0.469 e. The van der Waals surface area contributed by atoms with Crippen LogP contribution in [0.15, 0.2) is 29.2 Å². The van der Waals surface area contributed by atoms with Crippen LogP contribution >= 0.6 is 0 Å². The van der Waals surface area contributed by atoms with Gasteiger partial charge in [-0.2, -0.15) is 0 Å². The second kappa shape index (κ2) is 6.69. The lowest BCUT2D eigenvalue weighted by Gasteiger charge is -2.10. The molecule has 100 valence electrons. The maximum Gasteiger partial charge on any atom is 0.309 e. The normalized spacial score (nSPS) is 14.3. The molecule has 0 radical (unpaired) electrons. The second-order valence-corrected chi connectivity index (χ2v) is 6.16.